The van der Waals surface area contributed by atoms with Crippen LogP contribution < -0.4 is 5.32 Å². The van der Waals surface area contributed by atoms with Crippen molar-refractivity contribution in [2.45, 2.75) is 51.5 Å². The fourth-order valence-electron chi connectivity index (χ4n) is 6.55. The highest BCUT2D eigenvalue weighted by Gasteiger charge is 2.58. The van der Waals surface area contributed by atoms with E-state index in [1.54, 1.807) is 0 Å². The quantitative estimate of drug-likeness (QED) is 0.916. The number of aryl methyl sites for hydroxylation is 1. The molecule has 0 aromatic carbocycles. The van der Waals surface area contributed by atoms with Crippen molar-refractivity contribution in [1.29, 1.82) is 0 Å². The van der Waals surface area contributed by atoms with E-state index in [4.69, 9.17) is 0 Å². The molecule has 0 saturated heterocycles. The van der Waals surface area contributed by atoms with Gasteiger partial charge in [0.1, 0.15) is 0 Å². The Morgan fingerprint density at radius 2 is 2.00 bits per heavy atom. The second-order valence-electron chi connectivity index (χ2n) is 8.30. The molecule has 0 amide bonds. The molecule has 3 heteroatoms. The lowest BCUT2D eigenvalue weighted by molar-refractivity contribution is -0.118. The lowest BCUT2D eigenvalue weighted by atomic mass is 9.43. The first-order valence-electron chi connectivity index (χ1n) is 8.18. The summed E-state index contributed by atoms with van der Waals surface area (Å²) in [4.78, 5) is 0. The van der Waals surface area contributed by atoms with Crippen molar-refractivity contribution in [3.05, 3.63) is 18.0 Å². The molecule has 1 heterocycles. The molecule has 1 aromatic rings. The summed E-state index contributed by atoms with van der Waals surface area (Å²) in [5, 5.41) is 8.06. The lowest BCUT2D eigenvalue weighted by Crippen LogP contribution is -2.54. The highest BCUT2D eigenvalue weighted by molar-refractivity contribution is 5.19. The Labute approximate surface area is 122 Å². The summed E-state index contributed by atoms with van der Waals surface area (Å²) in [5.74, 6) is 1.96. The van der Waals surface area contributed by atoms with Crippen molar-refractivity contribution in [2.75, 3.05) is 7.05 Å². The molecule has 1 N–H and O–H groups in total. The van der Waals surface area contributed by atoms with Gasteiger partial charge in [-0.2, -0.15) is 5.10 Å². The Morgan fingerprint density at radius 1 is 1.30 bits per heavy atom. The Kier molecular flexibility index (Phi) is 2.64. The van der Waals surface area contributed by atoms with Crippen LogP contribution in [0.4, 0.5) is 0 Å². The molecule has 4 saturated carbocycles. The van der Waals surface area contributed by atoms with E-state index in [2.05, 4.69) is 36.8 Å². The van der Waals surface area contributed by atoms with E-state index in [-0.39, 0.29) is 0 Å². The fourth-order valence-corrected chi connectivity index (χ4v) is 6.55. The van der Waals surface area contributed by atoms with E-state index in [1.165, 1.54) is 44.1 Å². The minimum atomic E-state index is 0.483. The summed E-state index contributed by atoms with van der Waals surface area (Å²) < 4.78 is 1.95. The third-order valence-corrected chi connectivity index (χ3v) is 6.36. The molecule has 0 spiro atoms. The second-order valence-corrected chi connectivity index (χ2v) is 8.30. The van der Waals surface area contributed by atoms with Crippen molar-refractivity contribution in [1.82, 2.24) is 15.1 Å². The van der Waals surface area contributed by atoms with E-state index in [1.807, 2.05) is 11.7 Å². The first-order valence-corrected chi connectivity index (χ1v) is 8.18. The molecule has 4 fully saturated rings. The molecule has 4 aliphatic carbocycles. The van der Waals surface area contributed by atoms with Crippen LogP contribution in [0.5, 0.6) is 0 Å². The molecule has 1 aromatic heterocycles. The van der Waals surface area contributed by atoms with Crippen molar-refractivity contribution in [3.63, 3.8) is 0 Å². The summed E-state index contributed by atoms with van der Waals surface area (Å²) in [6, 6.07) is 0.487. The van der Waals surface area contributed by atoms with Crippen LogP contribution in [0.3, 0.4) is 0 Å². The van der Waals surface area contributed by atoms with E-state index in [0.717, 1.165) is 11.8 Å². The molecule has 4 bridgehead atoms. The maximum atomic E-state index is 4.41. The molecule has 0 radical (unpaired) electrons. The first-order chi connectivity index (χ1) is 9.52. The number of rotatable bonds is 3. The Hall–Kier alpha value is -0.830. The highest BCUT2D eigenvalue weighted by Crippen LogP contribution is 2.68. The summed E-state index contributed by atoms with van der Waals surface area (Å²) >= 11 is 0. The minimum absolute atomic E-state index is 0.483. The molecular weight excluding hydrogens is 246 g/mol. The van der Waals surface area contributed by atoms with Gasteiger partial charge in [-0.05, 0) is 68.2 Å². The van der Waals surface area contributed by atoms with Crippen molar-refractivity contribution >= 4 is 0 Å². The molecule has 4 aliphatic rings. The number of nitrogens with one attached hydrogen (secondary N) is 1. The van der Waals surface area contributed by atoms with Crippen LogP contribution in [0.2, 0.25) is 0 Å². The van der Waals surface area contributed by atoms with E-state index in [0.29, 0.717) is 16.9 Å². The van der Waals surface area contributed by atoms with Gasteiger partial charge >= 0.3 is 0 Å². The van der Waals surface area contributed by atoms with Crippen molar-refractivity contribution < 1.29 is 0 Å². The largest absolute Gasteiger partial charge is 0.312 e. The van der Waals surface area contributed by atoms with E-state index in [9.17, 15) is 0 Å². The van der Waals surface area contributed by atoms with E-state index < -0.39 is 0 Å². The molecule has 110 valence electrons. The van der Waals surface area contributed by atoms with Gasteiger partial charge in [0.25, 0.3) is 0 Å². The number of nitrogens with zero attached hydrogens (tertiary/aromatic N) is 2. The van der Waals surface area contributed by atoms with Gasteiger partial charge in [0.2, 0.25) is 0 Å². The maximum absolute atomic E-state index is 4.41. The molecule has 20 heavy (non-hydrogen) atoms. The highest BCUT2D eigenvalue weighted by atomic mass is 15.2. The normalized spacial score (nSPS) is 44.0. The third kappa shape index (κ3) is 1.78. The molecule has 0 aliphatic heterocycles. The van der Waals surface area contributed by atoms with Gasteiger partial charge in [0.15, 0.2) is 0 Å². The minimum Gasteiger partial charge on any atom is -0.312 e. The Balaban J connectivity index is 1.72. The van der Waals surface area contributed by atoms with Crippen LogP contribution in [-0.4, -0.2) is 16.8 Å². The van der Waals surface area contributed by atoms with E-state index >= 15 is 0 Å². The molecule has 3 unspecified atom stereocenters. The van der Waals surface area contributed by atoms with Crippen LogP contribution >= 0.6 is 0 Å². The Morgan fingerprint density at radius 3 is 2.50 bits per heavy atom. The van der Waals surface area contributed by atoms with Crippen LogP contribution in [0.25, 0.3) is 0 Å². The summed E-state index contributed by atoms with van der Waals surface area (Å²) in [6.07, 6.45) is 13.0. The van der Waals surface area contributed by atoms with Gasteiger partial charge < -0.3 is 5.32 Å². The van der Waals surface area contributed by atoms with Crippen molar-refractivity contribution in [3.8, 4) is 0 Å². The standard InChI is InChI=1S/C17H27N3/c1-16-5-12-4-13(6-16)8-17(7-12,11-16)15(18-2)14-9-19-20(3)10-14/h9-10,12-13,15,18H,4-8,11H2,1-3H3. The SMILES string of the molecule is CNC(c1cnn(C)c1)C12CC3CC(CC(C)(C3)C1)C2. The fraction of sp³-hybridized carbons (Fsp3) is 0.824. The zero-order valence-corrected chi connectivity index (χ0v) is 13.0. The average Bonchev–Trinajstić information content (AvgIpc) is 2.72. The van der Waals surface area contributed by atoms with Crippen LogP contribution in [-0.2, 0) is 7.05 Å². The second kappa shape index (κ2) is 4.09. The summed E-state index contributed by atoms with van der Waals surface area (Å²) in [5.41, 5.74) is 2.48. The van der Waals surface area contributed by atoms with Crippen LogP contribution in [0.15, 0.2) is 12.4 Å². The third-order valence-electron chi connectivity index (χ3n) is 6.36. The molecule has 3 nitrogen and oxygen atoms in total. The number of aromatic nitrogens is 2. The zero-order chi connectivity index (χ0) is 14.0. The van der Waals surface area contributed by atoms with Crippen molar-refractivity contribution in [2.24, 2.45) is 29.7 Å². The zero-order valence-electron chi connectivity index (χ0n) is 13.0. The van der Waals surface area contributed by atoms with Gasteiger partial charge in [-0.25, -0.2) is 0 Å². The van der Waals surface area contributed by atoms with Crippen LogP contribution in [0.1, 0.15) is 57.1 Å². The van der Waals surface area contributed by atoms with Gasteiger partial charge in [-0.15, -0.1) is 0 Å². The lowest BCUT2D eigenvalue weighted by Gasteiger charge is -2.63. The van der Waals surface area contributed by atoms with Gasteiger partial charge in [0.05, 0.1) is 6.20 Å². The summed E-state index contributed by atoms with van der Waals surface area (Å²) in [6.45, 7) is 2.55. The van der Waals surface area contributed by atoms with Gasteiger partial charge in [0, 0.05) is 24.8 Å². The number of hydrogen-bond acceptors (Lipinski definition) is 2. The molecular formula is C17H27N3. The topological polar surface area (TPSA) is 29.9 Å². The molecule has 3 atom stereocenters. The predicted molar refractivity (Wildman–Crippen MR) is 80.2 cm³/mol. The monoisotopic (exact) mass is 273 g/mol. The molecule has 5 rings (SSSR count). The Bertz CT molecular complexity index is 504. The smallest absolute Gasteiger partial charge is 0.0537 e. The summed E-state index contributed by atoms with van der Waals surface area (Å²) in [7, 11) is 4.16. The maximum Gasteiger partial charge on any atom is 0.0537 e. The number of hydrogen-bond donors (Lipinski definition) is 1. The van der Waals surface area contributed by atoms with Gasteiger partial charge in [-0.1, -0.05) is 6.92 Å². The van der Waals surface area contributed by atoms with Crippen LogP contribution in [0, 0.1) is 22.7 Å². The first kappa shape index (κ1) is 12.9. The average molecular weight is 273 g/mol. The predicted octanol–water partition coefficient (Wildman–Crippen LogP) is 3.29. The van der Waals surface area contributed by atoms with Gasteiger partial charge in [-0.3, -0.25) is 4.68 Å².